The van der Waals surface area contributed by atoms with Crippen molar-refractivity contribution in [3.8, 4) is 11.4 Å². The number of unbranched alkanes of at least 4 members (excludes halogenated alkanes) is 5. The highest BCUT2D eigenvalue weighted by Gasteiger charge is 2.12. The molecular weight excluding hydrogens is 248 g/mol. The normalized spacial score (nSPS) is 10.9. The van der Waals surface area contributed by atoms with Crippen LogP contribution in [0.25, 0.3) is 11.4 Å². The maximum Gasteiger partial charge on any atom is 0.115 e. The van der Waals surface area contributed by atoms with Crippen molar-refractivity contribution in [2.24, 2.45) is 0 Å². The fourth-order valence-electron chi connectivity index (χ4n) is 2.47. The number of hydrogen-bond donors (Lipinski definition) is 1. The third-order valence-electron chi connectivity index (χ3n) is 3.66. The summed E-state index contributed by atoms with van der Waals surface area (Å²) < 4.78 is 0. The van der Waals surface area contributed by atoms with Gasteiger partial charge in [-0.25, -0.2) is 0 Å². The minimum Gasteiger partial charge on any atom is -0.282 e. The number of nitrogens with one attached hydrogen (secondary N) is 1. The average Bonchev–Trinajstić information content (AvgIpc) is 2.85. The van der Waals surface area contributed by atoms with Crippen LogP contribution in [0.15, 0.2) is 18.6 Å². The Morgan fingerprint density at radius 2 is 1.85 bits per heavy atom. The van der Waals surface area contributed by atoms with Crippen molar-refractivity contribution in [1.82, 2.24) is 20.2 Å². The van der Waals surface area contributed by atoms with Crippen LogP contribution in [0.3, 0.4) is 0 Å². The van der Waals surface area contributed by atoms with Crippen molar-refractivity contribution < 1.29 is 0 Å². The Balaban J connectivity index is 1.93. The van der Waals surface area contributed by atoms with Gasteiger partial charge < -0.3 is 0 Å². The lowest BCUT2D eigenvalue weighted by Crippen LogP contribution is -1.93. The monoisotopic (exact) mass is 272 g/mol. The molecule has 0 aliphatic heterocycles. The zero-order valence-electron chi connectivity index (χ0n) is 12.5. The fraction of sp³-hybridized carbons (Fsp3) is 0.562. The molecule has 4 heteroatoms. The summed E-state index contributed by atoms with van der Waals surface area (Å²) >= 11 is 0. The van der Waals surface area contributed by atoms with E-state index >= 15 is 0 Å². The quantitative estimate of drug-likeness (QED) is 0.737. The molecule has 1 N–H and O–H groups in total. The number of aromatic nitrogens is 4. The summed E-state index contributed by atoms with van der Waals surface area (Å²) in [6, 6.07) is 0. The summed E-state index contributed by atoms with van der Waals surface area (Å²) in [5, 5.41) is 7.47. The van der Waals surface area contributed by atoms with Crippen molar-refractivity contribution in [1.29, 1.82) is 0 Å². The first-order chi connectivity index (χ1) is 9.83. The molecule has 108 valence electrons. The number of hydrogen-bond acceptors (Lipinski definition) is 3. The Hall–Kier alpha value is -1.71. The molecule has 0 aromatic carbocycles. The van der Waals surface area contributed by atoms with E-state index in [1.165, 1.54) is 44.1 Å². The summed E-state index contributed by atoms with van der Waals surface area (Å²) in [6.07, 6.45) is 14.1. The number of aromatic amines is 1. The average molecular weight is 272 g/mol. The lowest BCUT2D eigenvalue weighted by molar-refractivity contribution is 0.607. The first-order valence-corrected chi connectivity index (χ1v) is 7.63. The van der Waals surface area contributed by atoms with Gasteiger partial charge in [-0.05, 0) is 19.8 Å². The van der Waals surface area contributed by atoms with Gasteiger partial charge in [-0.2, -0.15) is 5.10 Å². The molecule has 0 unspecified atom stereocenters. The summed E-state index contributed by atoms with van der Waals surface area (Å²) in [4.78, 5) is 8.47. The third kappa shape index (κ3) is 3.89. The Kier molecular flexibility index (Phi) is 5.71. The minimum atomic E-state index is 0.859. The van der Waals surface area contributed by atoms with Crippen LogP contribution in [0.4, 0.5) is 0 Å². The summed E-state index contributed by atoms with van der Waals surface area (Å²) in [7, 11) is 0. The third-order valence-corrected chi connectivity index (χ3v) is 3.66. The molecule has 2 aromatic heterocycles. The van der Waals surface area contributed by atoms with Crippen molar-refractivity contribution in [3.05, 3.63) is 29.8 Å². The highest BCUT2D eigenvalue weighted by molar-refractivity contribution is 5.58. The van der Waals surface area contributed by atoms with Crippen LogP contribution in [-0.4, -0.2) is 20.2 Å². The molecule has 20 heavy (non-hydrogen) atoms. The van der Waals surface area contributed by atoms with Crippen LogP contribution in [-0.2, 0) is 6.42 Å². The first-order valence-electron chi connectivity index (χ1n) is 7.63. The van der Waals surface area contributed by atoms with Gasteiger partial charge in [0.1, 0.15) is 11.4 Å². The van der Waals surface area contributed by atoms with Crippen molar-refractivity contribution in [2.75, 3.05) is 0 Å². The van der Waals surface area contributed by atoms with E-state index in [1.54, 1.807) is 18.6 Å². The Labute approximate surface area is 121 Å². The molecule has 0 amide bonds. The van der Waals surface area contributed by atoms with Crippen molar-refractivity contribution in [3.63, 3.8) is 0 Å². The largest absolute Gasteiger partial charge is 0.282 e. The van der Waals surface area contributed by atoms with Crippen molar-refractivity contribution >= 4 is 0 Å². The highest BCUT2D eigenvalue weighted by atomic mass is 15.1. The Morgan fingerprint density at radius 1 is 1.05 bits per heavy atom. The summed E-state index contributed by atoms with van der Waals surface area (Å²) in [5.74, 6) is 0. The van der Waals surface area contributed by atoms with E-state index in [0.717, 1.165) is 23.5 Å². The summed E-state index contributed by atoms with van der Waals surface area (Å²) in [5.41, 5.74) is 4.27. The smallest absolute Gasteiger partial charge is 0.115 e. The van der Waals surface area contributed by atoms with Gasteiger partial charge in [0.15, 0.2) is 0 Å². The summed E-state index contributed by atoms with van der Waals surface area (Å²) in [6.45, 7) is 4.33. The molecule has 2 aromatic rings. The van der Waals surface area contributed by atoms with Gasteiger partial charge >= 0.3 is 0 Å². The van der Waals surface area contributed by atoms with E-state index in [2.05, 4.69) is 34.0 Å². The zero-order chi connectivity index (χ0) is 14.2. The molecule has 0 aliphatic rings. The first kappa shape index (κ1) is 14.7. The minimum absolute atomic E-state index is 0.859. The molecule has 0 aliphatic carbocycles. The van der Waals surface area contributed by atoms with Gasteiger partial charge in [-0.1, -0.05) is 39.0 Å². The molecule has 2 rings (SSSR count). The Morgan fingerprint density at radius 3 is 2.60 bits per heavy atom. The second-order valence-electron chi connectivity index (χ2n) is 5.28. The predicted octanol–water partition coefficient (Wildman–Crippen LogP) is 4.08. The lowest BCUT2D eigenvalue weighted by Gasteiger charge is -2.04. The number of nitrogens with zero attached hydrogens (tertiary/aromatic N) is 3. The maximum atomic E-state index is 4.39. The molecule has 0 radical (unpaired) electrons. The topological polar surface area (TPSA) is 54.5 Å². The second kappa shape index (κ2) is 7.78. The molecular formula is C16H24N4. The molecule has 0 atom stereocenters. The van der Waals surface area contributed by atoms with Crippen LogP contribution in [0.1, 0.15) is 56.7 Å². The van der Waals surface area contributed by atoms with E-state index in [1.807, 2.05) is 0 Å². The molecule has 4 nitrogen and oxygen atoms in total. The molecule has 0 saturated heterocycles. The predicted molar refractivity (Wildman–Crippen MR) is 81.4 cm³/mol. The molecule has 0 spiro atoms. The SMILES string of the molecule is CCCCCCCCc1c(-c2cnccn2)n[nH]c1C. The van der Waals surface area contributed by atoms with Crippen LogP contribution in [0.2, 0.25) is 0 Å². The highest BCUT2D eigenvalue weighted by Crippen LogP contribution is 2.23. The number of rotatable bonds is 8. The molecule has 0 bridgehead atoms. The van der Waals surface area contributed by atoms with E-state index < -0.39 is 0 Å². The van der Waals surface area contributed by atoms with E-state index in [4.69, 9.17) is 0 Å². The molecule has 0 fully saturated rings. The van der Waals surface area contributed by atoms with E-state index in [0.29, 0.717) is 0 Å². The van der Waals surface area contributed by atoms with Gasteiger partial charge in [0.05, 0.1) is 6.20 Å². The van der Waals surface area contributed by atoms with Crippen LogP contribution in [0, 0.1) is 6.92 Å². The molecule has 0 saturated carbocycles. The van der Waals surface area contributed by atoms with Gasteiger partial charge in [-0.15, -0.1) is 0 Å². The number of aryl methyl sites for hydroxylation is 1. The van der Waals surface area contributed by atoms with Crippen LogP contribution in [0.5, 0.6) is 0 Å². The van der Waals surface area contributed by atoms with E-state index in [-0.39, 0.29) is 0 Å². The Bertz CT molecular complexity index is 504. The zero-order valence-corrected chi connectivity index (χ0v) is 12.5. The van der Waals surface area contributed by atoms with Crippen LogP contribution < -0.4 is 0 Å². The maximum absolute atomic E-state index is 4.39. The van der Waals surface area contributed by atoms with Crippen LogP contribution >= 0.6 is 0 Å². The van der Waals surface area contributed by atoms with Gasteiger partial charge in [0.25, 0.3) is 0 Å². The van der Waals surface area contributed by atoms with Crippen molar-refractivity contribution in [2.45, 2.75) is 58.8 Å². The standard InChI is InChI=1S/C16H24N4/c1-3-4-5-6-7-8-9-14-13(2)19-20-16(14)15-12-17-10-11-18-15/h10-12H,3-9H2,1-2H3,(H,19,20). The van der Waals surface area contributed by atoms with E-state index in [9.17, 15) is 0 Å². The van der Waals surface area contributed by atoms with Gasteiger partial charge in [0, 0.05) is 23.7 Å². The number of H-pyrrole nitrogens is 1. The lowest BCUT2D eigenvalue weighted by atomic mass is 10.0. The fourth-order valence-corrected chi connectivity index (χ4v) is 2.47. The van der Waals surface area contributed by atoms with Gasteiger partial charge in [0.2, 0.25) is 0 Å². The molecule has 2 heterocycles. The second-order valence-corrected chi connectivity index (χ2v) is 5.28. The van der Waals surface area contributed by atoms with Gasteiger partial charge in [-0.3, -0.25) is 15.1 Å².